The first-order valence-electron chi connectivity index (χ1n) is 5.37. The van der Waals surface area contributed by atoms with Gasteiger partial charge in [0.15, 0.2) is 0 Å². The quantitative estimate of drug-likeness (QED) is 0.837. The van der Waals surface area contributed by atoms with E-state index in [4.69, 9.17) is 0 Å². The summed E-state index contributed by atoms with van der Waals surface area (Å²) in [5.74, 6) is -1.37. The second-order valence-corrected chi connectivity index (χ2v) is 3.95. The molecule has 5 heteroatoms. The van der Waals surface area contributed by atoms with Crippen LogP contribution < -0.4 is 5.11 Å². The maximum Gasteiger partial charge on any atom is 0.416 e. The molecule has 0 bridgehead atoms. The predicted octanol–water partition coefficient (Wildman–Crippen LogP) is 2.74. The lowest BCUT2D eigenvalue weighted by molar-refractivity contribution is -0.255. The summed E-state index contributed by atoms with van der Waals surface area (Å²) >= 11 is 0. The van der Waals surface area contributed by atoms with E-state index in [1.54, 1.807) is 6.07 Å². The lowest BCUT2D eigenvalue weighted by atomic mass is 10.0. The Morgan fingerprint density at radius 2 is 1.53 bits per heavy atom. The van der Waals surface area contributed by atoms with Crippen LogP contribution in [0.25, 0.3) is 11.1 Å². The van der Waals surface area contributed by atoms with Crippen LogP contribution in [0.4, 0.5) is 13.2 Å². The molecule has 0 aliphatic rings. The first-order valence-corrected chi connectivity index (χ1v) is 5.37. The van der Waals surface area contributed by atoms with Gasteiger partial charge in [-0.3, -0.25) is 0 Å². The molecule has 2 aromatic carbocycles. The lowest BCUT2D eigenvalue weighted by Crippen LogP contribution is -2.22. The zero-order valence-corrected chi connectivity index (χ0v) is 9.57. The van der Waals surface area contributed by atoms with Crippen molar-refractivity contribution in [1.29, 1.82) is 0 Å². The molecule has 19 heavy (non-hydrogen) atoms. The van der Waals surface area contributed by atoms with Gasteiger partial charge in [0.25, 0.3) is 0 Å². The second-order valence-electron chi connectivity index (χ2n) is 3.95. The van der Waals surface area contributed by atoms with Crippen molar-refractivity contribution in [3.8, 4) is 11.1 Å². The summed E-state index contributed by atoms with van der Waals surface area (Å²) in [4.78, 5) is 10.7. The van der Waals surface area contributed by atoms with E-state index in [-0.39, 0.29) is 5.56 Å². The molecule has 2 rings (SSSR count). The molecule has 2 nitrogen and oxygen atoms in total. The molecule has 2 aromatic rings. The zero-order chi connectivity index (χ0) is 14.0. The molecule has 0 unspecified atom stereocenters. The molecule has 0 saturated carbocycles. The Balaban J connectivity index is 2.48. The van der Waals surface area contributed by atoms with Crippen molar-refractivity contribution in [2.45, 2.75) is 6.18 Å². The third-order valence-corrected chi connectivity index (χ3v) is 2.62. The van der Waals surface area contributed by atoms with E-state index >= 15 is 0 Å². The molecule has 0 amide bonds. The highest BCUT2D eigenvalue weighted by Crippen LogP contribution is 2.32. The number of rotatable bonds is 2. The van der Waals surface area contributed by atoms with Crippen molar-refractivity contribution in [3.63, 3.8) is 0 Å². The molecule has 0 fully saturated rings. The number of hydrogen-bond acceptors (Lipinski definition) is 2. The summed E-state index contributed by atoms with van der Waals surface area (Å²) in [6.07, 6.45) is -4.43. The van der Waals surface area contributed by atoms with Gasteiger partial charge in [-0.25, -0.2) is 0 Å². The van der Waals surface area contributed by atoms with Gasteiger partial charge in [0.1, 0.15) is 0 Å². The number of carboxylic acid groups (broad SMARTS) is 1. The fourth-order valence-corrected chi connectivity index (χ4v) is 1.70. The standard InChI is InChI=1S/C14H9F3O2/c15-14(16,17)12-6-2-4-10(8-12)9-3-1-5-11(7-9)13(18)19/h1-8H,(H,18,19)/p-1. The Bertz CT molecular complexity index is 618. The van der Waals surface area contributed by atoms with E-state index in [0.717, 1.165) is 12.1 Å². The van der Waals surface area contributed by atoms with Gasteiger partial charge < -0.3 is 9.90 Å². The molecule has 0 aliphatic carbocycles. The molecule has 0 N–H and O–H groups in total. The lowest BCUT2D eigenvalue weighted by Gasteiger charge is -2.10. The molecule has 0 aliphatic heterocycles. The summed E-state index contributed by atoms with van der Waals surface area (Å²) in [5.41, 5.74) is -0.149. The molecular formula is C14H8F3O2-. The monoisotopic (exact) mass is 265 g/mol. The summed E-state index contributed by atoms with van der Waals surface area (Å²) in [7, 11) is 0. The molecule has 0 radical (unpaired) electrons. The first-order chi connectivity index (χ1) is 8.88. The molecule has 98 valence electrons. The maximum absolute atomic E-state index is 12.6. The van der Waals surface area contributed by atoms with Crippen molar-refractivity contribution >= 4 is 5.97 Å². The Morgan fingerprint density at radius 3 is 2.11 bits per heavy atom. The van der Waals surface area contributed by atoms with Crippen LogP contribution >= 0.6 is 0 Å². The molecule has 0 spiro atoms. The second kappa shape index (κ2) is 4.76. The highest BCUT2D eigenvalue weighted by atomic mass is 19.4. The average Bonchev–Trinajstić information content (AvgIpc) is 2.38. The van der Waals surface area contributed by atoms with Gasteiger partial charge in [0.05, 0.1) is 11.5 Å². The topological polar surface area (TPSA) is 40.1 Å². The van der Waals surface area contributed by atoms with Crippen LogP contribution in [0.5, 0.6) is 0 Å². The molecular weight excluding hydrogens is 257 g/mol. The maximum atomic E-state index is 12.6. The van der Waals surface area contributed by atoms with E-state index in [0.29, 0.717) is 11.1 Å². The van der Waals surface area contributed by atoms with E-state index in [1.165, 1.54) is 30.3 Å². The van der Waals surface area contributed by atoms with Gasteiger partial charge in [0, 0.05) is 0 Å². The molecule has 0 saturated heterocycles. The van der Waals surface area contributed by atoms with Crippen molar-refractivity contribution in [2.24, 2.45) is 0 Å². The minimum Gasteiger partial charge on any atom is -0.545 e. The van der Waals surface area contributed by atoms with Crippen molar-refractivity contribution < 1.29 is 23.1 Å². The van der Waals surface area contributed by atoms with Crippen LogP contribution in [0, 0.1) is 0 Å². The summed E-state index contributed by atoms with van der Waals surface area (Å²) in [5, 5.41) is 10.7. The van der Waals surface area contributed by atoms with Crippen molar-refractivity contribution in [1.82, 2.24) is 0 Å². The SMILES string of the molecule is O=C([O-])c1cccc(-c2cccc(C(F)(F)F)c2)c1. The number of benzene rings is 2. The smallest absolute Gasteiger partial charge is 0.416 e. The molecule has 0 atom stereocenters. The first kappa shape index (κ1) is 13.1. The Morgan fingerprint density at radius 1 is 0.947 bits per heavy atom. The number of aromatic carboxylic acids is 1. The molecule has 0 heterocycles. The summed E-state index contributed by atoms with van der Waals surface area (Å²) < 4.78 is 37.8. The zero-order valence-electron chi connectivity index (χ0n) is 9.57. The average molecular weight is 265 g/mol. The van der Waals surface area contributed by atoms with Crippen LogP contribution in [-0.2, 0) is 6.18 Å². The highest BCUT2D eigenvalue weighted by molar-refractivity contribution is 5.87. The third kappa shape index (κ3) is 2.93. The van der Waals surface area contributed by atoms with E-state index < -0.39 is 17.7 Å². The van der Waals surface area contributed by atoms with E-state index in [9.17, 15) is 23.1 Å². The van der Waals surface area contributed by atoms with E-state index in [2.05, 4.69) is 0 Å². The van der Waals surface area contributed by atoms with Crippen LogP contribution in [-0.4, -0.2) is 5.97 Å². The normalized spacial score (nSPS) is 11.3. The van der Waals surface area contributed by atoms with Crippen LogP contribution in [0.3, 0.4) is 0 Å². The summed E-state index contributed by atoms with van der Waals surface area (Å²) in [6, 6.07) is 10.3. The summed E-state index contributed by atoms with van der Waals surface area (Å²) in [6.45, 7) is 0. The van der Waals surface area contributed by atoms with Gasteiger partial charge in [0.2, 0.25) is 0 Å². The van der Waals surface area contributed by atoms with E-state index in [1.807, 2.05) is 0 Å². The number of hydrogen-bond donors (Lipinski definition) is 0. The van der Waals surface area contributed by atoms with Crippen LogP contribution in [0.2, 0.25) is 0 Å². The van der Waals surface area contributed by atoms with Crippen molar-refractivity contribution in [3.05, 3.63) is 59.7 Å². The number of alkyl halides is 3. The predicted molar refractivity (Wildman–Crippen MR) is 61.2 cm³/mol. The third-order valence-electron chi connectivity index (χ3n) is 2.62. The molecule has 0 aromatic heterocycles. The van der Waals surface area contributed by atoms with Crippen molar-refractivity contribution in [2.75, 3.05) is 0 Å². The minimum absolute atomic E-state index is 0.0742. The fourth-order valence-electron chi connectivity index (χ4n) is 1.70. The van der Waals surface area contributed by atoms with Gasteiger partial charge >= 0.3 is 6.18 Å². The Kier molecular flexibility index (Phi) is 3.29. The van der Waals surface area contributed by atoms with Gasteiger partial charge in [-0.15, -0.1) is 0 Å². The van der Waals surface area contributed by atoms with Crippen LogP contribution in [0.15, 0.2) is 48.5 Å². The Hall–Kier alpha value is -2.30. The van der Waals surface area contributed by atoms with Crippen LogP contribution in [0.1, 0.15) is 15.9 Å². The largest absolute Gasteiger partial charge is 0.545 e. The Labute approximate surface area is 107 Å². The van der Waals surface area contributed by atoms with Gasteiger partial charge in [-0.2, -0.15) is 13.2 Å². The van der Waals surface area contributed by atoms with Gasteiger partial charge in [-0.1, -0.05) is 30.3 Å². The number of carboxylic acids is 1. The fraction of sp³-hybridized carbons (Fsp3) is 0.0714. The number of halogens is 3. The number of carbonyl (C=O) groups is 1. The highest BCUT2D eigenvalue weighted by Gasteiger charge is 2.30. The van der Waals surface area contributed by atoms with Gasteiger partial charge in [-0.05, 0) is 34.9 Å². The minimum atomic E-state index is -4.43. The number of carbonyl (C=O) groups excluding carboxylic acids is 1.